The van der Waals surface area contributed by atoms with Crippen LogP contribution in [0.1, 0.15) is 43.1 Å². The molecule has 0 aliphatic heterocycles. The fraction of sp³-hybridized carbons (Fsp3) is 0.400. The first kappa shape index (κ1) is 14.5. The Balaban J connectivity index is 2.94. The van der Waals surface area contributed by atoms with E-state index >= 15 is 0 Å². The number of nitrogens with two attached hydrogens (primary N) is 1. The molecule has 3 nitrogen and oxygen atoms in total. The maximum atomic E-state index is 11.1. The van der Waals surface area contributed by atoms with Gasteiger partial charge in [0, 0.05) is 11.6 Å². The number of nitrogens with one attached hydrogen (secondary N) is 1. The van der Waals surface area contributed by atoms with Crippen molar-refractivity contribution in [3.05, 3.63) is 41.5 Å². The summed E-state index contributed by atoms with van der Waals surface area (Å²) >= 11 is 0. The predicted molar refractivity (Wildman–Crippen MR) is 76.4 cm³/mol. The zero-order chi connectivity index (χ0) is 13.5. The Morgan fingerprint density at radius 2 is 2.06 bits per heavy atom. The van der Waals surface area contributed by atoms with Gasteiger partial charge in [-0.25, -0.2) is 0 Å². The van der Waals surface area contributed by atoms with E-state index in [0.29, 0.717) is 11.6 Å². The molecule has 3 heteroatoms. The van der Waals surface area contributed by atoms with Crippen LogP contribution in [0.25, 0.3) is 5.57 Å². The number of carbonyl (C=O) groups is 1. The third-order valence-electron chi connectivity index (χ3n) is 2.96. The molecule has 18 heavy (non-hydrogen) atoms. The van der Waals surface area contributed by atoms with Gasteiger partial charge in [0.1, 0.15) is 0 Å². The standard InChI is InChI=1S/C15H22N2O/c1-4-14(17-5-2)9-11(3)12-7-6-8-13(10-12)15(16)18/h6-10,14,17H,4-5H2,1-3H3,(H2,16,18)/b11-9+. The molecule has 3 N–H and O–H groups in total. The normalized spacial score (nSPS) is 13.4. The molecule has 1 aromatic carbocycles. The molecule has 0 spiro atoms. The molecule has 1 rings (SSSR count). The summed E-state index contributed by atoms with van der Waals surface area (Å²) in [4.78, 5) is 11.1. The second-order valence-corrected chi connectivity index (χ2v) is 4.37. The molecule has 98 valence electrons. The highest BCUT2D eigenvalue weighted by atomic mass is 16.1. The molecule has 1 unspecified atom stereocenters. The van der Waals surface area contributed by atoms with Crippen molar-refractivity contribution in [2.24, 2.45) is 5.73 Å². The number of carbonyl (C=O) groups excluding carboxylic acids is 1. The predicted octanol–water partition coefficient (Wildman–Crippen LogP) is 2.58. The Hall–Kier alpha value is -1.61. The molecular weight excluding hydrogens is 224 g/mol. The van der Waals surface area contributed by atoms with Crippen molar-refractivity contribution in [2.75, 3.05) is 6.54 Å². The highest BCUT2D eigenvalue weighted by Gasteiger charge is 2.05. The van der Waals surface area contributed by atoms with Crippen LogP contribution < -0.4 is 11.1 Å². The second kappa shape index (κ2) is 6.97. The zero-order valence-corrected chi connectivity index (χ0v) is 11.4. The third kappa shape index (κ3) is 4.00. The van der Waals surface area contributed by atoms with Gasteiger partial charge in [0.15, 0.2) is 0 Å². The van der Waals surface area contributed by atoms with Crippen molar-refractivity contribution in [3.8, 4) is 0 Å². The van der Waals surface area contributed by atoms with E-state index in [0.717, 1.165) is 24.1 Å². The smallest absolute Gasteiger partial charge is 0.248 e. The molecule has 0 bridgehead atoms. The largest absolute Gasteiger partial charge is 0.366 e. The molecule has 0 heterocycles. The zero-order valence-electron chi connectivity index (χ0n) is 11.4. The van der Waals surface area contributed by atoms with E-state index in [-0.39, 0.29) is 5.91 Å². The molecule has 0 aliphatic carbocycles. The van der Waals surface area contributed by atoms with Crippen LogP contribution in [0, 0.1) is 0 Å². The Morgan fingerprint density at radius 3 is 2.61 bits per heavy atom. The Morgan fingerprint density at radius 1 is 1.39 bits per heavy atom. The highest BCUT2D eigenvalue weighted by molar-refractivity contribution is 5.93. The average molecular weight is 246 g/mol. The number of hydrogen-bond acceptors (Lipinski definition) is 2. The van der Waals surface area contributed by atoms with E-state index in [1.165, 1.54) is 0 Å². The van der Waals surface area contributed by atoms with Gasteiger partial charge >= 0.3 is 0 Å². The van der Waals surface area contributed by atoms with Crippen LogP contribution in [-0.4, -0.2) is 18.5 Å². The molecule has 0 aromatic heterocycles. The quantitative estimate of drug-likeness (QED) is 0.810. The second-order valence-electron chi connectivity index (χ2n) is 4.37. The first-order valence-electron chi connectivity index (χ1n) is 6.40. The van der Waals surface area contributed by atoms with Crippen LogP contribution in [0.4, 0.5) is 0 Å². The molecule has 1 amide bonds. The van der Waals surface area contributed by atoms with Gasteiger partial charge in [0.25, 0.3) is 0 Å². The summed E-state index contributed by atoms with van der Waals surface area (Å²) in [7, 11) is 0. The van der Waals surface area contributed by atoms with Crippen molar-refractivity contribution in [2.45, 2.75) is 33.2 Å². The number of amides is 1. The van der Waals surface area contributed by atoms with E-state index < -0.39 is 0 Å². The summed E-state index contributed by atoms with van der Waals surface area (Å²) in [6, 6.07) is 7.80. The summed E-state index contributed by atoms with van der Waals surface area (Å²) in [5.41, 5.74) is 8.04. The summed E-state index contributed by atoms with van der Waals surface area (Å²) in [5.74, 6) is -0.386. The summed E-state index contributed by atoms with van der Waals surface area (Å²) in [6.07, 6.45) is 3.24. The van der Waals surface area contributed by atoms with Gasteiger partial charge in [-0.2, -0.15) is 0 Å². The number of hydrogen-bond donors (Lipinski definition) is 2. The Kier molecular flexibility index (Phi) is 5.59. The van der Waals surface area contributed by atoms with E-state index in [4.69, 9.17) is 5.73 Å². The lowest BCUT2D eigenvalue weighted by Crippen LogP contribution is -2.26. The van der Waals surface area contributed by atoms with Crippen molar-refractivity contribution < 1.29 is 4.79 Å². The van der Waals surface area contributed by atoms with Gasteiger partial charge in [-0.05, 0) is 43.2 Å². The first-order chi connectivity index (χ1) is 8.58. The SMILES string of the molecule is CCNC(/C=C(\C)c1cccc(C(N)=O)c1)CC. The number of primary amides is 1. The summed E-state index contributed by atoms with van der Waals surface area (Å²) < 4.78 is 0. The lowest BCUT2D eigenvalue weighted by Gasteiger charge is -2.13. The average Bonchev–Trinajstić information content (AvgIpc) is 2.38. The lowest BCUT2D eigenvalue weighted by atomic mass is 10.0. The van der Waals surface area contributed by atoms with E-state index in [1.54, 1.807) is 6.07 Å². The fourth-order valence-electron chi connectivity index (χ4n) is 1.90. The van der Waals surface area contributed by atoms with Gasteiger partial charge in [0.2, 0.25) is 5.91 Å². The van der Waals surface area contributed by atoms with Crippen molar-refractivity contribution in [3.63, 3.8) is 0 Å². The van der Waals surface area contributed by atoms with Crippen LogP contribution in [0.3, 0.4) is 0 Å². The lowest BCUT2D eigenvalue weighted by molar-refractivity contribution is 0.100. The molecular formula is C15H22N2O. The fourth-order valence-corrected chi connectivity index (χ4v) is 1.90. The first-order valence-corrected chi connectivity index (χ1v) is 6.40. The van der Waals surface area contributed by atoms with Crippen LogP contribution in [0.5, 0.6) is 0 Å². The van der Waals surface area contributed by atoms with Crippen LogP contribution in [-0.2, 0) is 0 Å². The van der Waals surface area contributed by atoms with E-state index in [9.17, 15) is 4.79 Å². The Labute approximate surface area is 109 Å². The topological polar surface area (TPSA) is 55.1 Å². The highest BCUT2D eigenvalue weighted by Crippen LogP contribution is 2.16. The number of likely N-dealkylation sites (N-methyl/N-ethyl adjacent to an activating group) is 1. The minimum absolute atomic E-state index is 0.368. The minimum atomic E-state index is -0.386. The number of rotatable bonds is 6. The van der Waals surface area contributed by atoms with Gasteiger partial charge < -0.3 is 11.1 Å². The van der Waals surface area contributed by atoms with E-state index in [2.05, 4.69) is 32.2 Å². The van der Waals surface area contributed by atoms with Crippen molar-refractivity contribution in [1.29, 1.82) is 0 Å². The van der Waals surface area contributed by atoms with Crippen molar-refractivity contribution in [1.82, 2.24) is 5.32 Å². The van der Waals surface area contributed by atoms with Gasteiger partial charge in [-0.15, -0.1) is 0 Å². The summed E-state index contributed by atoms with van der Waals surface area (Å²) in [5, 5.41) is 3.40. The van der Waals surface area contributed by atoms with Gasteiger partial charge in [-0.3, -0.25) is 4.79 Å². The van der Waals surface area contributed by atoms with E-state index in [1.807, 2.05) is 18.2 Å². The monoisotopic (exact) mass is 246 g/mol. The minimum Gasteiger partial charge on any atom is -0.366 e. The van der Waals surface area contributed by atoms with Gasteiger partial charge in [-0.1, -0.05) is 32.1 Å². The van der Waals surface area contributed by atoms with Crippen LogP contribution >= 0.6 is 0 Å². The molecule has 0 fully saturated rings. The maximum absolute atomic E-state index is 11.1. The van der Waals surface area contributed by atoms with Crippen molar-refractivity contribution >= 4 is 11.5 Å². The van der Waals surface area contributed by atoms with Crippen LogP contribution in [0.15, 0.2) is 30.3 Å². The maximum Gasteiger partial charge on any atom is 0.248 e. The molecule has 0 saturated carbocycles. The number of benzene rings is 1. The molecule has 1 aromatic rings. The number of allylic oxidation sites excluding steroid dienone is 1. The molecule has 0 radical (unpaired) electrons. The third-order valence-corrected chi connectivity index (χ3v) is 2.96. The molecule has 0 aliphatic rings. The molecule has 0 saturated heterocycles. The Bertz CT molecular complexity index is 438. The van der Waals surface area contributed by atoms with Gasteiger partial charge in [0.05, 0.1) is 0 Å². The molecule has 1 atom stereocenters. The van der Waals surface area contributed by atoms with Crippen LogP contribution in [0.2, 0.25) is 0 Å². The summed E-state index contributed by atoms with van der Waals surface area (Å²) in [6.45, 7) is 7.25.